The lowest BCUT2D eigenvalue weighted by molar-refractivity contribution is -0.125. The number of carbonyl (C=O) groups excluding carboxylic acids is 1. The molecule has 1 atom stereocenters. The van der Waals surface area contributed by atoms with E-state index in [9.17, 15) is 4.79 Å². The van der Waals surface area contributed by atoms with Crippen LogP contribution >= 0.6 is 11.8 Å². The fourth-order valence-electron chi connectivity index (χ4n) is 4.03. The normalized spacial score (nSPS) is 21.1. The Kier molecular flexibility index (Phi) is 3.64. The molecule has 0 unspecified atom stereocenters. The molecule has 130 valence electrons. The number of ether oxygens (including phenoxy) is 1. The number of methoxy groups -OCH3 is 1. The molecule has 26 heavy (non-hydrogen) atoms. The van der Waals surface area contributed by atoms with Crippen LogP contribution < -0.4 is 4.74 Å². The van der Waals surface area contributed by atoms with E-state index in [1.807, 2.05) is 17.0 Å². The van der Waals surface area contributed by atoms with Crippen LogP contribution in [0.2, 0.25) is 0 Å². The van der Waals surface area contributed by atoms with Crippen molar-refractivity contribution in [2.75, 3.05) is 12.9 Å². The maximum absolute atomic E-state index is 12.6. The molecule has 0 radical (unpaired) electrons. The van der Waals surface area contributed by atoms with Crippen LogP contribution in [0.5, 0.6) is 5.75 Å². The Morgan fingerprint density at radius 2 is 1.92 bits per heavy atom. The Morgan fingerprint density at radius 1 is 1.12 bits per heavy atom. The number of rotatable bonds is 2. The van der Waals surface area contributed by atoms with Crippen molar-refractivity contribution in [2.45, 2.75) is 18.9 Å². The Hall–Kier alpha value is -2.53. The van der Waals surface area contributed by atoms with Gasteiger partial charge in [-0.15, -0.1) is 0 Å². The summed E-state index contributed by atoms with van der Waals surface area (Å²) in [5.74, 6) is 1.43. The standard InChI is InChI=1S/C21H18N2O2S/c1-25-15-9-6-14(7-10-15)20-17-11-8-13-4-2-3-5-16(13)19(17)22-21-23(20)18(24)12-26-21/h2-7,9-10,20H,8,11-12H2,1H3/t20-/m0/s1. The molecule has 1 fully saturated rings. The number of hydrogen-bond donors (Lipinski definition) is 0. The zero-order chi connectivity index (χ0) is 17.7. The van der Waals surface area contributed by atoms with Gasteiger partial charge >= 0.3 is 0 Å². The van der Waals surface area contributed by atoms with Gasteiger partial charge in [-0.1, -0.05) is 48.2 Å². The lowest BCUT2D eigenvalue weighted by Gasteiger charge is -2.37. The third-order valence-corrected chi connectivity index (χ3v) is 6.20. The maximum Gasteiger partial charge on any atom is 0.239 e. The fourth-order valence-corrected chi connectivity index (χ4v) is 4.92. The van der Waals surface area contributed by atoms with Crippen molar-refractivity contribution < 1.29 is 9.53 Å². The molecular formula is C21H18N2O2S. The quantitative estimate of drug-likeness (QED) is 0.810. The first-order valence-electron chi connectivity index (χ1n) is 8.75. The van der Waals surface area contributed by atoms with Gasteiger partial charge in [0.1, 0.15) is 5.75 Å². The summed E-state index contributed by atoms with van der Waals surface area (Å²) in [5, 5.41) is 0.825. The number of carbonyl (C=O) groups is 1. The molecule has 0 N–H and O–H groups in total. The van der Waals surface area contributed by atoms with E-state index in [0.29, 0.717) is 5.75 Å². The number of aliphatic imine (C=N–C) groups is 1. The van der Waals surface area contributed by atoms with Crippen molar-refractivity contribution in [3.63, 3.8) is 0 Å². The molecule has 0 bridgehead atoms. The second kappa shape index (κ2) is 6.02. The summed E-state index contributed by atoms with van der Waals surface area (Å²) in [6, 6.07) is 16.5. The SMILES string of the molecule is COc1ccc([C@H]2C3=C(N=C4SCC(=O)N42)c2ccccc2CC3)cc1. The largest absolute Gasteiger partial charge is 0.497 e. The van der Waals surface area contributed by atoms with Crippen LogP contribution in [-0.2, 0) is 11.2 Å². The average Bonchev–Trinajstić information content (AvgIpc) is 3.07. The van der Waals surface area contributed by atoms with Crippen LogP contribution in [0.15, 0.2) is 59.1 Å². The minimum absolute atomic E-state index is 0.0701. The predicted octanol–water partition coefficient (Wildman–Crippen LogP) is 4.04. The number of amides is 1. The molecule has 5 heteroatoms. The lowest BCUT2D eigenvalue weighted by atomic mass is 9.82. The zero-order valence-electron chi connectivity index (χ0n) is 14.4. The first kappa shape index (κ1) is 15.7. The minimum atomic E-state index is -0.0701. The number of hydrogen-bond acceptors (Lipinski definition) is 4. The molecule has 0 aromatic heterocycles. The number of benzene rings is 2. The number of fused-ring (bicyclic) bond motifs is 3. The van der Waals surface area contributed by atoms with Gasteiger partial charge in [-0.25, -0.2) is 4.99 Å². The number of nitrogens with zero attached hydrogens (tertiary/aromatic N) is 2. The van der Waals surface area contributed by atoms with Crippen LogP contribution in [0.1, 0.15) is 29.2 Å². The molecule has 3 aliphatic rings. The molecule has 2 heterocycles. The minimum Gasteiger partial charge on any atom is -0.497 e. The van der Waals surface area contributed by atoms with E-state index in [1.165, 1.54) is 28.5 Å². The molecule has 5 rings (SSSR count). The van der Waals surface area contributed by atoms with Gasteiger partial charge in [0.2, 0.25) is 5.91 Å². The van der Waals surface area contributed by atoms with Crippen LogP contribution in [0.4, 0.5) is 0 Å². The Bertz CT molecular complexity index is 962. The van der Waals surface area contributed by atoms with E-state index in [4.69, 9.17) is 9.73 Å². The van der Waals surface area contributed by atoms with Gasteiger partial charge in [0.15, 0.2) is 5.17 Å². The van der Waals surface area contributed by atoms with Crippen molar-refractivity contribution in [2.24, 2.45) is 4.99 Å². The Balaban J connectivity index is 1.69. The molecule has 4 nitrogen and oxygen atoms in total. The topological polar surface area (TPSA) is 41.9 Å². The smallest absolute Gasteiger partial charge is 0.239 e. The van der Waals surface area contributed by atoms with Gasteiger partial charge in [-0.2, -0.15) is 0 Å². The highest BCUT2D eigenvalue weighted by atomic mass is 32.2. The first-order valence-corrected chi connectivity index (χ1v) is 9.73. The lowest BCUT2D eigenvalue weighted by Crippen LogP contribution is -2.38. The van der Waals surface area contributed by atoms with Crippen molar-refractivity contribution in [3.05, 3.63) is 70.8 Å². The van der Waals surface area contributed by atoms with Gasteiger partial charge in [0, 0.05) is 5.56 Å². The summed E-state index contributed by atoms with van der Waals surface area (Å²) in [6.45, 7) is 0. The van der Waals surface area contributed by atoms with Crippen molar-refractivity contribution in [3.8, 4) is 5.75 Å². The molecule has 2 aromatic rings. The monoisotopic (exact) mass is 362 g/mol. The van der Waals surface area contributed by atoms with Crippen LogP contribution in [-0.4, -0.2) is 28.8 Å². The molecular weight excluding hydrogens is 344 g/mol. The van der Waals surface area contributed by atoms with Crippen LogP contribution in [0.25, 0.3) is 5.70 Å². The summed E-state index contributed by atoms with van der Waals surface area (Å²) >= 11 is 1.54. The second-order valence-corrected chi connectivity index (χ2v) is 7.60. The van der Waals surface area contributed by atoms with E-state index < -0.39 is 0 Å². The summed E-state index contributed by atoms with van der Waals surface area (Å²) in [5.41, 5.74) is 5.96. The molecule has 2 aliphatic heterocycles. The summed E-state index contributed by atoms with van der Waals surface area (Å²) in [4.78, 5) is 19.4. The Morgan fingerprint density at radius 3 is 2.73 bits per heavy atom. The maximum atomic E-state index is 12.6. The third-order valence-electron chi connectivity index (χ3n) is 5.27. The summed E-state index contributed by atoms with van der Waals surface area (Å²) in [7, 11) is 1.67. The Labute approximate surface area is 156 Å². The second-order valence-electron chi connectivity index (χ2n) is 6.65. The van der Waals surface area contributed by atoms with Crippen LogP contribution in [0, 0.1) is 0 Å². The number of aryl methyl sites for hydroxylation is 1. The van der Waals surface area contributed by atoms with E-state index in [-0.39, 0.29) is 11.9 Å². The van der Waals surface area contributed by atoms with E-state index >= 15 is 0 Å². The first-order chi connectivity index (χ1) is 12.8. The van der Waals surface area contributed by atoms with E-state index in [2.05, 4.69) is 36.4 Å². The van der Waals surface area contributed by atoms with Gasteiger partial charge in [-0.3, -0.25) is 9.69 Å². The van der Waals surface area contributed by atoms with Gasteiger partial charge in [0.05, 0.1) is 24.6 Å². The highest BCUT2D eigenvalue weighted by Gasteiger charge is 2.42. The van der Waals surface area contributed by atoms with Gasteiger partial charge in [-0.05, 0) is 41.7 Å². The van der Waals surface area contributed by atoms with E-state index in [1.54, 1.807) is 7.11 Å². The molecule has 1 aliphatic carbocycles. The molecule has 2 aromatic carbocycles. The number of thioether (sulfide) groups is 1. The summed E-state index contributed by atoms with van der Waals surface area (Å²) < 4.78 is 5.30. The van der Waals surface area contributed by atoms with Gasteiger partial charge in [0.25, 0.3) is 0 Å². The molecule has 1 amide bonds. The highest BCUT2D eigenvalue weighted by molar-refractivity contribution is 8.15. The van der Waals surface area contributed by atoms with Crippen molar-refractivity contribution in [1.82, 2.24) is 4.90 Å². The predicted molar refractivity (Wildman–Crippen MR) is 104 cm³/mol. The number of amidine groups is 1. The average molecular weight is 362 g/mol. The van der Waals surface area contributed by atoms with Gasteiger partial charge < -0.3 is 4.74 Å². The summed E-state index contributed by atoms with van der Waals surface area (Å²) in [6.07, 6.45) is 1.91. The van der Waals surface area contributed by atoms with Crippen molar-refractivity contribution in [1.29, 1.82) is 0 Å². The molecule has 1 saturated heterocycles. The molecule has 0 spiro atoms. The van der Waals surface area contributed by atoms with Crippen LogP contribution in [0.3, 0.4) is 0 Å². The fraction of sp³-hybridized carbons (Fsp3) is 0.238. The van der Waals surface area contributed by atoms with Crippen molar-refractivity contribution >= 4 is 28.5 Å². The third kappa shape index (κ3) is 2.31. The highest BCUT2D eigenvalue weighted by Crippen LogP contribution is 2.47. The zero-order valence-corrected chi connectivity index (χ0v) is 15.3. The van der Waals surface area contributed by atoms with E-state index in [0.717, 1.165) is 35.0 Å². The molecule has 0 saturated carbocycles.